The molecular weight excluding hydrogens is 739 g/mol. The molecule has 0 aliphatic rings. The number of fused-ring (bicyclic) bond motifs is 5. The number of pyridine rings is 2. The highest BCUT2D eigenvalue weighted by molar-refractivity contribution is 6.27. The standard InChI is InChI=1S/C58H39N3/c1-6-18-40(19-7-1)41-30-32-42(33-31-41)47-37-53(43-20-8-2-9-21-43)59-54(38-47)46-34-35-52-51(36-46)56-50-29-17-16-24-45(50)39-55(57(56)58(60-52)44-22-10-3-11-23-44)61(48-25-12-4-13-26-48)49-27-14-5-15-28-49/h1-39H. The van der Waals surface area contributed by atoms with E-state index >= 15 is 0 Å². The van der Waals surface area contributed by atoms with Gasteiger partial charge in [-0.3, -0.25) is 0 Å². The minimum atomic E-state index is 0.904. The Kier molecular flexibility index (Phi) is 9.18. The molecule has 3 nitrogen and oxygen atoms in total. The maximum Gasteiger partial charge on any atom is 0.0809 e. The maximum atomic E-state index is 5.56. The first-order valence-electron chi connectivity index (χ1n) is 20.7. The molecule has 0 spiro atoms. The molecule has 61 heavy (non-hydrogen) atoms. The van der Waals surface area contributed by atoms with Crippen LogP contribution in [0.4, 0.5) is 17.1 Å². The van der Waals surface area contributed by atoms with Crippen LogP contribution in [0.25, 0.3) is 88.5 Å². The van der Waals surface area contributed by atoms with Gasteiger partial charge >= 0.3 is 0 Å². The fraction of sp³-hybridized carbons (Fsp3) is 0. The molecule has 286 valence electrons. The van der Waals surface area contributed by atoms with Crippen molar-refractivity contribution in [3.05, 3.63) is 237 Å². The third-order valence-corrected chi connectivity index (χ3v) is 11.6. The molecule has 0 radical (unpaired) electrons. The van der Waals surface area contributed by atoms with E-state index in [4.69, 9.17) is 9.97 Å². The van der Waals surface area contributed by atoms with Crippen LogP contribution >= 0.6 is 0 Å². The lowest BCUT2D eigenvalue weighted by atomic mass is 9.91. The average molecular weight is 778 g/mol. The zero-order chi connectivity index (χ0) is 40.5. The Morgan fingerprint density at radius 2 is 0.770 bits per heavy atom. The van der Waals surface area contributed by atoms with Gasteiger partial charge in [-0.2, -0.15) is 0 Å². The highest BCUT2D eigenvalue weighted by atomic mass is 15.1. The molecule has 0 bridgehead atoms. The van der Waals surface area contributed by atoms with Crippen molar-refractivity contribution >= 4 is 49.5 Å². The molecule has 11 rings (SSSR count). The molecule has 0 amide bonds. The van der Waals surface area contributed by atoms with E-state index in [1.807, 2.05) is 0 Å². The predicted molar refractivity (Wildman–Crippen MR) is 256 cm³/mol. The molecule has 0 saturated carbocycles. The molecule has 0 N–H and O–H groups in total. The number of hydrogen-bond acceptors (Lipinski definition) is 3. The summed E-state index contributed by atoms with van der Waals surface area (Å²) in [7, 11) is 0. The SMILES string of the molecule is c1ccc(-c2ccc(-c3cc(-c4ccccc4)nc(-c4ccc5nc(-c6ccccc6)c6c(N(c7ccccc7)c7ccccc7)cc7ccccc7c6c5c4)c3)cc2)cc1. The van der Waals surface area contributed by atoms with Crippen LogP contribution in [0.15, 0.2) is 237 Å². The van der Waals surface area contributed by atoms with Gasteiger partial charge in [0.05, 0.1) is 28.3 Å². The van der Waals surface area contributed by atoms with Crippen molar-refractivity contribution in [3.63, 3.8) is 0 Å². The first kappa shape index (κ1) is 36.0. The summed E-state index contributed by atoms with van der Waals surface area (Å²) in [5, 5.41) is 5.66. The molecule has 11 aromatic rings. The minimum Gasteiger partial charge on any atom is -0.310 e. The predicted octanol–water partition coefficient (Wildman–Crippen LogP) is 15.7. The molecule has 0 atom stereocenters. The number of hydrogen-bond donors (Lipinski definition) is 0. The molecule has 3 heteroatoms. The van der Waals surface area contributed by atoms with Gasteiger partial charge in [-0.15, -0.1) is 0 Å². The summed E-state index contributed by atoms with van der Waals surface area (Å²) in [5.74, 6) is 0. The summed E-state index contributed by atoms with van der Waals surface area (Å²) in [4.78, 5) is 13.3. The summed E-state index contributed by atoms with van der Waals surface area (Å²) in [5.41, 5.74) is 14.7. The van der Waals surface area contributed by atoms with Crippen molar-refractivity contribution < 1.29 is 0 Å². The number of anilines is 3. The Bertz CT molecular complexity index is 3280. The largest absolute Gasteiger partial charge is 0.310 e. The quantitative estimate of drug-likeness (QED) is 0.144. The van der Waals surface area contributed by atoms with Crippen molar-refractivity contribution in [3.8, 4) is 56.0 Å². The molecule has 9 aromatic carbocycles. The minimum absolute atomic E-state index is 0.904. The fourth-order valence-corrected chi connectivity index (χ4v) is 8.67. The van der Waals surface area contributed by atoms with Crippen molar-refractivity contribution in [1.29, 1.82) is 0 Å². The smallest absolute Gasteiger partial charge is 0.0809 e. The van der Waals surface area contributed by atoms with Crippen LogP contribution in [0, 0.1) is 0 Å². The lowest BCUT2D eigenvalue weighted by Gasteiger charge is -2.28. The van der Waals surface area contributed by atoms with E-state index in [9.17, 15) is 0 Å². The summed E-state index contributed by atoms with van der Waals surface area (Å²) in [6, 6.07) is 84.0. The van der Waals surface area contributed by atoms with Gasteiger partial charge in [0.15, 0.2) is 0 Å². The van der Waals surface area contributed by atoms with Crippen LogP contribution in [0.5, 0.6) is 0 Å². The van der Waals surface area contributed by atoms with E-state index in [0.29, 0.717) is 0 Å². The van der Waals surface area contributed by atoms with Gasteiger partial charge in [0.1, 0.15) is 0 Å². The molecule has 0 unspecified atom stereocenters. The second-order valence-electron chi connectivity index (χ2n) is 15.4. The lowest BCUT2D eigenvalue weighted by molar-refractivity contribution is 1.30. The van der Waals surface area contributed by atoms with Gasteiger partial charge < -0.3 is 4.90 Å². The van der Waals surface area contributed by atoms with E-state index < -0.39 is 0 Å². The van der Waals surface area contributed by atoms with Gasteiger partial charge in [0.25, 0.3) is 0 Å². The number of aromatic nitrogens is 2. The third kappa shape index (κ3) is 6.78. The highest BCUT2D eigenvalue weighted by Gasteiger charge is 2.23. The Morgan fingerprint density at radius 3 is 1.39 bits per heavy atom. The number of benzene rings is 9. The van der Waals surface area contributed by atoms with Gasteiger partial charge in [-0.05, 0) is 87.6 Å². The first-order chi connectivity index (χ1) is 30.2. The average Bonchev–Trinajstić information content (AvgIpc) is 3.35. The van der Waals surface area contributed by atoms with Gasteiger partial charge in [0, 0.05) is 44.2 Å². The number of nitrogens with zero attached hydrogens (tertiary/aromatic N) is 3. The van der Waals surface area contributed by atoms with E-state index in [1.165, 1.54) is 16.5 Å². The van der Waals surface area contributed by atoms with Gasteiger partial charge in [0.2, 0.25) is 0 Å². The zero-order valence-corrected chi connectivity index (χ0v) is 33.4. The van der Waals surface area contributed by atoms with Gasteiger partial charge in [-0.25, -0.2) is 9.97 Å². The Balaban J connectivity index is 1.18. The van der Waals surface area contributed by atoms with Crippen LogP contribution in [0.3, 0.4) is 0 Å². The lowest BCUT2D eigenvalue weighted by Crippen LogP contribution is -2.11. The summed E-state index contributed by atoms with van der Waals surface area (Å²) >= 11 is 0. The van der Waals surface area contributed by atoms with Crippen LogP contribution in [0.1, 0.15) is 0 Å². The van der Waals surface area contributed by atoms with E-state index in [0.717, 1.165) is 89.0 Å². The van der Waals surface area contributed by atoms with Crippen LogP contribution in [-0.2, 0) is 0 Å². The molecule has 2 aromatic heterocycles. The molecular formula is C58H39N3. The second-order valence-corrected chi connectivity index (χ2v) is 15.4. The molecule has 2 heterocycles. The maximum absolute atomic E-state index is 5.56. The van der Waals surface area contributed by atoms with E-state index in [2.05, 4.69) is 241 Å². The first-order valence-corrected chi connectivity index (χ1v) is 20.7. The van der Waals surface area contributed by atoms with Crippen molar-refractivity contribution in [2.45, 2.75) is 0 Å². The van der Waals surface area contributed by atoms with Crippen LogP contribution in [0.2, 0.25) is 0 Å². The summed E-state index contributed by atoms with van der Waals surface area (Å²) in [6.07, 6.45) is 0. The number of para-hydroxylation sites is 2. The molecule has 0 aliphatic carbocycles. The Labute approximate surface area is 355 Å². The third-order valence-electron chi connectivity index (χ3n) is 11.6. The van der Waals surface area contributed by atoms with Gasteiger partial charge in [-0.1, -0.05) is 182 Å². The van der Waals surface area contributed by atoms with Crippen LogP contribution in [-0.4, -0.2) is 9.97 Å². The van der Waals surface area contributed by atoms with E-state index in [-0.39, 0.29) is 0 Å². The van der Waals surface area contributed by atoms with Crippen molar-refractivity contribution in [2.24, 2.45) is 0 Å². The summed E-state index contributed by atoms with van der Waals surface area (Å²) < 4.78 is 0. The summed E-state index contributed by atoms with van der Waals surface area (Å²) in [6.45, 7) is 0. The zero-order valence-electron chi connectivity index (χ0n) is 33.4. The Hall–Kier alpha value is -8.14. The monoisotopic (exact) mass is 777 g/mol. The Morgan fingerprint density at radius 1 is 0.295 bits per heavy atom. The topological polar surface area (TPSA) is 29.0 Å². The molecule has 0 aliphatic heterocycles. The number of rotatable bonds is 8. The second kappa shape index (κ2) is 15.6. The normalized spacial score (nSPS) is 11.3. The molecule has 0 fully saturated rings. The molecule has 0 saturated heterocycles. The fourth-order valence-electron chi connectivity index (χ4n) is 8.67. The highest BCUT2D eigenvalue weighted by Crippen LogP contribution is 2.47. The van der Waals surface area contributed by atoms with Crippen molar-refractivity contribution in [1.82, 2.24) is 9.97 Å². The van der Waals surface area contributed by atoms with Crippen LogP contribution < -0.4 is 4.90 Å². The van der Waals surface area contributed by atoms with Crippen molar-refractivity contribution in [2.75, 3.05) is 4.90 Å². The van der Waals surface area contributed by atoms with E-state index in [1.54, 1.807) is 0 Å².